The van der Waals surface area contributed by atoms with Crippen molar-refractivity contribution in [1.82, 2.24) is 4.90 Å². The molecule has 5 nitrogen and oxygen atoms in total. The summed E-state index contributed by atoms with van der Waals surface area (Å²) in [6, 6.07) is 9.21. The number of carbonyl (C=O) groups is 2. The first-order valence-corrected chi connectivity index (χ1v) is 7.32. The third kappa shape index (κ3) is 6.90. The number of anilines is 1. The Balaban J connectivity index is 2.33. The number of nitrogens with two attached hydrogens (primary N) is 1. The van der Waals surface area contributed by atoms with Crippen molar-refractivity contribution >= 4 is 17.5 Å². The highest BCUT2D eigenvalue weighted by Crippen LogP contribution is 2.10. The van der Waals surface area contributed by atoms with Gasteiger partial charge in [-0.15, -0.1) is 0 Å². The molecule has 0 fully saturated rings. The monoisotopic (exact) mass is 291 g/mol. The van der Waals surface area contributed by atoms with Crippen LogP contribution in [0.1, 0.15) is 26.2 Å². The maximum absolute atomic E-state index is 12.0. The first-order valence-electron chi connectivity index (χ1n) is 7.32. The first-order chi connectivity index (χ1) is 10.0. The smallest absolute Gasteiger partial charge is 0.243 e. The molecule has 1 aromatic rings. The summed E-state index contributed by atoms with van der Waals surface area (Å²) in [6.45, 7) is 2.80. The van der Waals surface area contributed by atoms with Crippen molar-refractivity contribution in [2.75, 3.05) is 25.5 Å². The van der Waals surface area contributed by atoms with Crippen LogP contribution in [-0.4, -0.2) is 36.9 Å². The van der Waals surface area contributed by atoms with Gasteiger partial charge in [-0.1, -0.05) is 25.1 Å². The standard InChI is InChI=1S/C16H25N3O2/c1-13(10-11-17)8-9-16(21)19(2)12-15(20)18-14-6-4-3-5-7-14/h3-7,13H,8-12,17H2,1-2H3,(H,18,20). The van der Waals surface area contributed by atoms with E-state index in [1.165, 1.54) is 4.90 Å². The lowest BCUT2D eigenvalue weighted by Gasteiger charge is -2.18. The summed E-state index contributed by atoms with van der Waals surface area (Å²) < 4.78 is 0. The zero-order valence-corrected chi connectivity index (χ0v) is 12.8. The zero-order valence-electron chi connectivity index (χ0n) is 12.8. The number of para-hydroxylation sites is 1. The SMILES string of the molecule is CC(CCN)CCC(=O)N(C)CC(=O)Nc1ccccc1. The molecule has 2 amide bonds. The number of hydrogen-bond donors (Lipinski definition) is 2. The van der Waals surface area contributed by atoms with Gasteiger partial charge in [0, 0.05) is 19.2 Å². The molecule has 0 bridgehead atoms. The molecule has 0 radical (unpaired) electrons. The van der Waals surface area contributed by atoms with Crippen molar-refractivity contribution in [3.05, 3.63) is 30.3 Å². The maximum atomic E-state index is 12.0. The van der Waals surface area contributed by atoms with Crippen LogP contribution in [0.25, 0.3) is 0 Å². The molecule has 21 heavy (non-hydrogen) atoms. The number of carbonyl (C=O) groups excluding carboxylic acids is 2. The van der Waals surface area contributed by atoms with Crippen LogP contribution in [0.3, 0.4) is 0 Å². The van der Waals surface area contributed by atoms with Crippen LogP contribution in [0.5, 0.6) is 0 Å². The molecule has 0 saturated heterocycles. The van der Waals surface area contributed by atoms with E-state index >= 15 is 0 Å². The van der Waals surface area contributed by atoms with Crippen molar-refractivity contribution in [2.45, 2.75) is 26.2 Å². The highest BCUT2D eigenvalue weighted by Gasteiger charge is 2.14. The molecule has 5 heteroatoms. The summed E-state index contributed by atoms with van der Waals surface area (Å²) in [5, 5.41) is 2.76. The number of nitrogens with zero attached hydrogens (tertiary/aromatic N) is 1. The summed E-state index contributed by atoms with van der Waals surface area (Å²) in [5.41, 5.74) is 6.22. The van der Waals surface area contributed by atoms with Gasteiger partial charge in [0.15, 0.2) is 0 Å². The number of rotatable bonds is 8. The predicted molar refractivity (Wildman–Crippen MR) is 84.8 cm³/mol. The van der Waals surface area contributed by atoms with E-state index in [1.807, 2.05) is 30.3 Å². The fourth-order valence-corrected chi connectivity index (χ4v) is 2.02. The summed E-state index contributed by atoms with van der Waals surface area (Å²) >= 11 is 0. The van der Waals surface area contributed by atoms with Gasteiger partial charge in [-0.2, -0.15) is 0 Å². The van der Waals surface area contributed by atoms with E-state index in [0.717, 1.165) is 18.5 Å². The van der Waals surface area contributed by atoms with Gasteiger partial charge in [-0.05, 0) is 37.4 Å². The summed E-state index contributed by atoms with van der Waals surface area (Å²) in [5.74, 6) is 0.236. The van der Waals surface area contributed by atoms with Crippen LogP contribution in [-0.2, 0) is 9.59 Å². The molecule has 116 valence electrons. The number of amides is 2. The molecule has 1 rings (SSSR count). The summed E-state index contributed by atoms with van der Waals surface area (Å²) in [7, 11) is 1.65. The summed E-state index contributed by atoms with van der Waals surface area (Å²) in [6.07, 6.45) is 2.18. The van der Waals surface area contributed by atoms with Crippen LogP contribution in [0.15, 0.2) is 30.3 Å². The minimum absolute atomic E-state index is 0.0120. The van der Waals surface area contributed by atoms with Gasteiger partial charge in [-0.25, -0.2) is 0 Å². The van der Waals surface area contributed by atoms with Crippen LogP contribution in [0.2, 0.25) is 0 Å². The van der Waals surface area contributed by atoms with E-state index in [4.69, 9.17) is 5.73 Å². The molecule has 0 aliphatic heterocycles. The second-order valence-corrected chi connectivity index (χ2v) is 5.39. The minimum Gasteiger partial charge on any atom is -0.336 e. The lowest BCUT2D eigenvalue weighted by molar-refractivity contribution is -0.133. The largest absolute Gasteiger partial charge is 0.336 e. The quantitative estimate of drug-likeness (QED) is 0.767. The molecule has 0 heterocycles. The fourth-order valence-electron chi connectivity index (χ4n) is 2.02. The number of benzene rings is 1. The van der Waals surface area contributed by atoms with Crippen molar-refractivity contribution in [3.63, 3.8) is 0 Å². The molecule has 0 aliphatic rings. The third-order valence-electron chi connectivity index (χ3n) is 3.37. The Morgan fingerprint density at radius 2 is 1.90 bits per heavy atom. The highest BCUT2D eigenvalue weighted by molar-refractivity contribution is 5.94. The van der Waals surface area contributed by atoms with Crippen molar-refractivity contribution in [1.29, 1.82) is 0 Å². The van der Waals surface area contributed by atoms with E-state index in [1.54, 1.807) is 7.05 Å². The van der Waals surface area contributed by atoms with Gasteiger partial charge >= 0.3 is 0 Å². The molecule has 0 aromatic heterocycles. The lowest BCUT2D eigenvalue weighted by atomic mass is 10.0. The van der Waals surface area contributed by atoms with Gasteiger partial charge < -0.3 is 16.0 Å². The second kappa shape index (κ2) is 9.13. The Bertz CT molecular complexity index is 448. The molecule has 0 aliphatic carbocycles. The molecule has 3 N–H and O–H groups in total. The van der Waals surface area contributed by atoms with Crippen LogP contribution < -0.4 is 11.1 Å². The van der Waals surface area contributed by atoms with Crippen molar-refractivity contribution in [2.24, 2.45) is 11.7 Å². The van der Waals surface area contributed by atoms with Crippen LogP contribution in [0.4, 0.5) is 5.69 Å². The average molecular weight is 291 g/mol. The Morgan fingerprint density at radius 1 is 1.24 bits per heavy atom. The lowest BCUT2D eigenvalue weighted by Crippen LogP contribution is -2.35. The van der Waals surface area contributed by atoms with E-state index in [-0.39, 0.29) is 18.4 Å². The number of hydrogen-bond acceptors (Lipinski definition) is 3. The van der Waals surface area contributed by atoms with Crippen molar-refractivity contribution < 1.29 is 9.59 Å². The van der Waals surface area contributed by atoms with E-state index < -0.39 is 0 Å². The van der Waals surface area contributed by atoms with Gasteiger partial charge in [0.05, 0.1) is 6.54 Å². The molecule has 1 aromatic carbocycles. The summed E-state index contributed by atoms with van der Waals surface area (Å²) in [4.78, 5) is 25.3. The van der Waals surface area contributed by atoms with Gasteiger partial charge in [0.25, 0.3) is 0 Å². The van der Waals surface area contributed by atoms with E-state index in [0.29, 0.717) is 18.9 Å². The van der Waals surface area contributed by atoms with Gasteiger partial charge in [-0.3, -0.25) is 9.59 Å². The van der Waals surface area contributed by atoms with Crippen molar-refractivity contribution in [3.8, 4) is 0 Å². The average Bonchev–Trinajstić information content (AvgIpc) is 2.45. The molecule has 1 atom stereocenters. The predicted octanol–water partition coefficient (Wildman–Crippen LogP) is 1.85. The molecular weight excluding hydrogens is 266 g/mol. The fraction of sp³-hybridized carbons (Fsp3) is 0.500. The van der Waals surface area contributed by atoms with Gasteiger partial charge in [0.2, 0.25) is 11.8 Å². The van der Waals surface area contributed by atoms with Crippen LogP contribution >= 0.6 is 0 Å². The first kappa shape index (κ1) is 17.2. The van der Waals surface area contributed by atoms with E-state index in [2.05, 4.69) is 12.2 Å². The minimum atomic E-state index is -0.188. The number of nitrogens with one attached hydrogen (secondary N) is 1. The zero-order chi connectivity index (χ0) is 15.7. The number of likely N-dealkylation sites (N-methyl/N-ethyl adjacent to an activating group) is 1. The molecule has 0 spiro atoms. The van der Waals surface area contributed by atoms with E-state index in [9.17, 15) is 9.59 Å². The molecule has 1 unspecified atom stereocenters. The molecular formula is C16H25N3O2. The Hall–Kier alpha value is -1.88. The second-order valence-electron chi connectivity index (χ2n) is 5.39. The Kier molecular flexibility index (Phi) is 7.46. The normalized spacial score (nSPS) is 11.8. The Labute approximate surface area is 126 Å². The Morgan fingerprint density at radius 3 is 2.52 bits per heavy atom. The third-order valence-corrected chi connectivity index (χ3v) is 3.37. The topological polar surface area (TPSA) is 75.4 Å². The van der Waals surface area contributed by atoms with Crippen LogP contribution in [0, 0.1) is 5.92 Å². The maximum Gasteiger partial charge on any atom is 0.243 e. The van der Waals surface area contributed by atoms with Gasteiger partial charge in [0.1, 0.15) is 0 Å². The molecule has 0 saturated carbocycles. The highest BCUT2D eigenvalue weighted by atomic mass is 16.2.